The molecule has 3 atom stereocenters. The predicted octanol–water partition coefficient (Wildman–Crippen LogP) is 3.71. The number of ether oxygens (including phenoxy) is 1. The van der Waals surface area contributed by atoms with Crippen molar-refractivity contribution in [3.8, 4) is 11.8 Å². The fraction of sp³-hybridized carbons (Fsp3) is 0.533. The zero-order chi connectivity index (χ0) is 14.0. The Labute approximate surface area is 118 Å². The fourth-order valence-corrected chi connectivity index (χ4v) is 3.25. The molecule has 1 saturated carbocycles. The van der Waals surface area contributed by atoms with E-state index in [-0.39, 0.29) is 0 Å². The van der Waals surface area contributed by atoms with E-state index in [1.807, 2.05) is 0 Å². The lowest BCUT2D eigenvalue weighted by Gasteiger charge is -2.29. The Balaban J connectivity index is 2.44. The molecule has 0 saturated heterocycles. The van der Waals surface area contributed by atoms with Crippen LogP contribution in [0.2, 0.25) is 5.02 Å². The molecule has 1 aromatic carbocycles. The van der Waals surface area contributed by atoms with Crippen molar-refractivity contribution in [2.45, 2.75) is 32.3 Å². The standard InChI is InChI=1S/C15H18ClNO2/c1-10-6-7-15(8-10,9-17)14(18)13-11(16)4-3-5-12(13)19-2/h3-5,10,14,18H,6-8H2,1-2H3. The molecule has 102 valence electrons. The quantitative estimate of drug-likeness (QED) is 0.917. The number of hydrogen-bond donors (Lipinski definition) is 1. The molecular weight excluding hydrogens is 262 g/mol. The van der Waals surface area contributed by atoms with Gasteiger partial charge in [0.2, 0.25) is 0 Å². The van der Waals surface area contributed by atoms with Gasteiger partial charge >= 0.3 is 0 Å². The van der Waals surface area contributed by atoms with Gasteiger partial charge in [-0.05, 0) is 37.3 Å². The molecule has 3 unspecified atom stereocenters. The summed E-state index contributed by atoms with van der Waals surface area (Å²) in [4.78, 5) is 0. The average molecular weight is 280 g/mol. The number of halogens is 1. The number of benzene rings is 1. The highest BCUT2D eigenvalue weighted by Gasteiger charge is 2.46. The maximum absolute atomic E-state index is 10.7. The van der Waals surface area contributed by atoms with Gasteiger partial charge in [-0.25, -0.2) is 0 Å². The number of methoxy groups -OCH3 is 1. The molecule has 3 nitrogen and oxygen atoms in total. The summed E-state index contributed by atoms with van der Waals surface area (Å²) in [6.07, 6.45) is 1.43. The van der Waals surface area contributed by atoms with Crippen LogP contribution in [0.15, 0.2) is 18.2 Å². The van der Waals surface area contributed by atoms with Crippen molar-refractivity contribution in [2.75, 3.05) is 7.11 Å². The van der Waals surface area contributed by atoms with E-state index >= 15 is 0 Å². The summed E-state index contributed by atoms with van der Waals surface area (Å²) in [6.45, 7) is 2.11. The summed E-state index contributed by atoms with van der Waals surface area (Å²) in [5, 5.41) is 20.7. The Bertz CT molecular complexity index is 511. The monoisotopic (exact) mass is 279 g/mol. The van der Waals surface area contributed by atoms with Crippen LogP contribution < -0.4 is 4.74 Å². The van der Waals surface area contributed by atoms with Crippen molar-refractivity contribution in [2.24, 2.45) is 11.3 Å². The molecule has 0 aromatic heterocycles. The predicted molar refractivity (Wildman–Crippen MR) is 74.0 cm³/mol. The SMILES string of the molecule is COc1cccc(Cl)c1C(O)C1(C#N)CCC(C)C1. The van der Waals surface area contributed by atoms with Crippen molar-refractivity contribution >= 4 is 11.6 Å². The van der Waals surface area contributed by atoms with Crippen molar-refractivity contribution in [1.29, 1.82) is 5.26 Å². The van der Waals surface area contributed by atoms with Crippen LogP contribution in [0.4, 0.5) is 0 Å². The highest BCUT2D eigenvalue weighted by atomic mass is 35.5. The number of nitrogens with zero attached hydrogens (tertiary/aromatic N) is 1. The van der Waals surface area contributed by atoms with Crippen LogP contribution in [-0.4, -0.2) is 12.2 Å². The second-order valence-corrected chi connectivity index (χ2v) is 5.78. The molecule has 0 aliphatic heterocycles. The Morgan fingerprint density at radius 1 is 1.58 bits per heavy atom. The third kappa shape index (κ3) is 2.43. The number of hydrogen-bond acceptors (Lipinski definition) is 3. The van der Waals surface area contributed by atoms with Gasteiger partial charge in [0.15, 0.2) is 0 Å². The minimum Gasteiger partial charge on any atom is -0.496 e. The number of rotatable bonds is 3. The van der Waals surface area contributed by atoms with Gasteiger partial charge in [0.05, 0.1) is 23.6 Å². The number of nitriles is 1. The van der Waals surface area contributed by atoms with Crippen LogP contribution in [0.25, 0.3) is 0 Å². The largest absolute Gasteiger partial charge is 0.496 e. The third-order valence-corrected chi connectivity index (χ3v) is 4.38. The summed E-state index contributed by atoms with van der Waals surface area (Å²) in [6, 6.07) is 7.56. The van der Waals surface area contributed by atoms with Gasteiger partial charge in [0, 0.05) is 5.56 Å². The lowest BCUT2D eigenvalue weighted by Crippen LogP contribution is -2.25. The smallest absolute Gasteiger partial charge is 0.126 e. The van der Waals surface area contributed by atoms with Crippen molar-refractivity contribution in [3.63, 3.8) is 0 Å². The van der Waals surface area contributed by atoms with Gasteiger partial charge < -0.3 is 9.84 Å². The molecule has 1 N–H and O–H groups in total. The van der Waals surface area contributed by atoms with E-state index < -0.39 is 11.5 Å². The van der Waals surface area contributed by atoms with Gasteiger partial charge in [0.25, 0.3) is 0 Å². The Morgan fingerprint density at radius 3 is 2.84 bits per heavy atom. The summed E-state index contributed by atoms with van der Waals surface area (Å²) in [5.74, 6) is 0.983. The molecule has 4 heteroatoms. The van der Waals surface area contributed by atoms with Crippen LogP contribution in [0, 0.1) is 22.7 Å². The van der Waals surface area contributed by atoms with Gasteiger partial charge in [-0.3, -0.25) is 0 Å². The first kappa shape index (κ1) is 14.2. The van der Waals surface area contributed by atoms with E-state index in [0.717, 1.165) is 6.42 Å². The first-order valence-electron chi connectivity index (χ1n) is 6.46. The van der Waals surface area contributed by atoms with E-state index in [1.54, 1.807) is 18.2 Å². The van der Waals surface area contributed by atoms with Gasteiger partial charge in [-0.2, -0.15) is 5.26 Å². The molecule has 1 aliphatic rings. The van der Waals surface area contributed by atoms with E-state index in [2.05, 4.69) is 13.0 Å². The van der Waals surface area contributed by atoms with E-state index in [1.165, 1.54) is 7.11 Å². The Hall–Kier alpha value is -1.24. The molecule has 19 heavy (non-hydrogen) atoms. The molecule has 0 amide bonds. The minimum atomic E-state index is -0.911. The topological polar surface area (TPSA) is 53.2 Å². The second kappa shape index (κ2) is 5.40. The highest BCUT2D eigenvalue weighted by Crippen LogP contribution is 2.52. The van der Waals surface area contributed by atoms with Crippen LogP contribution >= 0.6 is 11.6 Å². The molecule has 0 heterocycles. The molecule has 2 rings (SSSR count). The first-order chi connectivity index (χ1) is 9.04. The Kier molecular flexibility index (Phi) is 4.03. The molecule has 0 bridgehead atoms. The van der Waals surface area contributed by atoms with Crippen molar-refractivity contribution in [1.82, 2.24) is 0 Å². The average Bonchev–Trinajstić information content (AvgIpc) is 2.80. The van der Waals surface area contributed by atoms with Gasteiger partial charge in [-0.15, -0.1) is 0 Å². The van der Waals surface area contributed by atoms with E-state index in [4.69, 9.17) is 16.3 Å². The first-order valence-corrected chi connectivity index (χ1v) is 6.83. The van der Waals surface area contributed by atoms with Crippen LogP contribution in [0.1, 0.15) is 37.9 Å². The summed E-state index contributed by atoms with van der Waals surface area (Å²) < 4.78 is 5.27. The van der Waals surface area contributed by atoms with E-state index in [0.29, 0.717) is 35.1 Å². The van der Waals surface area contributed by atoms with Crippen molar-refractivity contribution in [3.05, 3.63) is 28.8 Å². The molecule has 1 aliphatic carbocycles. The lowest BCUT2D eigenvalue weighted by molar-refractivity contribution is 0.0625. The van der Waals surface area contributed by atoms with Crippen LogP contribution in [-0.2, 0) is 0 Å². The second-order valence-electron chi connectivity index (χ2n) is 5.37. The number of aliphatic hydroxyl groups is 1. The Morgan fingerprint density at radius 2 is 2.32 bits per heavy atom. The van der Waals surface area contributed by atoms with Gasteiger partial charge in [0.1, 0.15) is 11.9 Å². The minimum absolute atomic E-state index is 0.445. The normalized spacial score (nSPS) is 27.8. The highest BCUT2D eigenvalue weighted by molar-refractivity contribution is 6.31. The van der Waals surface area contributed by atoms with Gasteiger partial charge in [-0.1, -0.05) is 24.6 Å². The molecule has 0 spiro atoms. The van der Waals surface area contributed by atoms with Crippen molar-refractivity contribution < 1.29 is 9.84 Å². The van der Waals surface area contributed by atoms with E-state index in [9.17, 15) is 10.4 Å². The maximum atomic E-state index is 10.7. The molecular formula is C15H18ClNO2. The summed E-state index contributed by atoms with van der Waals surface area (Å²) >= 11 is 6.19. The fourth-order valence-electron chi connectivity index (χ4n) is 2.98. The number of aliphatic hydroxyl groups excluding tert-OH is 1. The lowest BCUT2D eigenvalue weighted by atomic mass is 9.78. The van der Waals surface area contributed by atoms with Crippen LogP contribution in [0.3, 0.4) is 0 Å². The molecule has 1 aromatic rings. The summed E-state index contributed by atoms with van der Waals surface area (Å²) in [7, 11) is 1.54. The zero-order valence-corrected chi connectivity index (χ0v) is 11.9. The van der Waals surface area contributed by atoms with Crippen LogP contribution in [0.5, 0.6) is 5.75 Å². The molecule has 1 fully saturated rings. The summed E-state index contributed by atoms with van der Waals surface area (Å²) in [5.41, 5.74) is -0.222. The third-order valence-electron chi connectivity index (χ3n) is 4.05. The maximum Gasteiger partial charge on any atom is 0.126 e. The zero-order valence-electron chi connectivity index (χ0n) is 11.2. The molecule has 0 radical (unpaired) electrons.